The van der Waals surface area contributed by atoms with Gasteiger partial charge in [-0.1, -0.05) is 24.3 Å². The molecule has 3 heterocycles. The summed E-state index contributed by atoms with van der Waals surface area (Å²) in [6.07, 6.45) is 1.60. The second kappa shape index (κ2) is 6.57. The number of fused-ring (bicyclic) bond motifs is 2. The molecule has 0 aliphatic carbocycles. The van der Waals surface area contributed by atoms with Crippen molar-refractivity contribution in [1.82, 2.24) is 14.7 Å². The molecule has 0 bridgehead atoms. The molecule has 1 aromatic rings. The lowest BCUT2D eigenvalue weighted by atomic mass is 9.81. The molecule has 142 valence electrons. The highest BCUT2D eigenvalue weighted by Crippen LogP contribution is 2.45. The monoisotopic (exact) mass is 363 g/mol. The molecule has 1 aromatic carbocycles. The van der Waals surface area contributed by atoms with Crippen LogP contribution in [-0.2, 0) is 16.9 Å². The van der Waals surface area contributed by atoms with E-state index in [1.807, 2.05) is 0 Å². The van der Waals surface area contributed by atoms with Gasteiger partial charge in [0, 0.05) is 51.1 Å². The average molecular weight is 363 g/mol. The lowest BCUT2D eigenvalue weighted by Gasteiger charge is -2.44. The van der Waals surface area contributed by atoms with Crippen molar-refractivity contribution in [3.63, 3.8) is 0 Å². The summed E-state index contributed by atoms with van der Waals surface area (Å²) in [5.41, 5.74) is 2.93. The van der Waals surface area contributed by atoms with Gasteiger partial charge in [-0.2, -0.15) is 0 Å². The van der Waals surface area contributed by atoms with E-state index < -0.39 is 5.92 Å². The molecule has 0 N–H and O–H groups in total. The highest BCUT2D eigenvalue weighted by Gasteiger charge is 2.45. The molecule has 4 rings (SSSR count). The third-order valence-corrected chi connectivity index (χ3v) is 6.55. The molecule has 0 saturated carbocycles. The second-order valence-electron chi connectivity index (χ2n) is 8.06. The zero-order valence-electron chi connectivity index (χ0n) is 15.4. The highest BCUT2D eigenvalue weighted by molar-refractivity contribution is 5.78. The average Bonchev–Trinajstić information content (AvgIpc) is 2.89. The Balaban J connectivity index is 1.35. The Kier molecular flexibility index (Phi) is 4.51. The normalized spacial score (nSPS) is 25.4. The standard InChI is InChI=1S/C20H27F2N3O/c1-23-14-16-4-2-3-5-17(16)19(23)6-10-24(11-7-19)15-18(26)25-12-8-20(21,22)9-13-25/h2-5H,6-15H2,1H3. The summed E-state index contributed by atoms with van der Waals surface area (Å²) in [4.78, 5) is 18.7. The van der Waals surface area contributed by atoms with Crippen molar-refractivity contribution in [3.8, 4) is 0 Å². The number of halogens is 2. The molecule has 3 aliphatic heterocycles. The van der Waals surface area contributed by atoms with E-state index in [4.69, 9.17) is 0 Å². The summed E-state index contributed by atoms with van der Waals surface area (Å²) in [6, 6.07) is 8.67. The number of piperidine rings is 2. The van der Waals surface area contributed by atoms with Crippen molar-refractivity contribution in [2.45, 2.75) is 43.7 Å². The number of alkyl halides is 2. The Morgan fingerprint density at radius 1 is 1.04 bits per heavy atom. The SMILES string of the molecule is CN1Cc2ccccc2C12CCN(CC(=O)N1CCC(F)(F)CC1)CC2. The molecular weight excluding hydrogens is 336 g/mol. The molecule has 0 atom stereocenters. The number of carbonyl (C=O) groups is 1. The quantitative estimate of drug-likeness (QED) is 0.808. The first-order valence-corrected chi connectivity index (χ1v) is 9.57. The van der Waals surface area contributed by atoms with Gasteiger partial charge in [0.05, 0.1) is 6.54 Å². The second-order valence-corrected chi connectivity index (χ2v) is 8.06. The van der Waals surface area contributed by atoms with E-state index in [1.165, 1.54) is 11.1 Å². The number of nitrogens with zero attached hydrogens (tertiary/aromatic N) is 3. The lowest BCUT2D eigenvalue weighted by Crippen LogP contribution is -2.52. The van der Waals surface area contributed by atoms with Gasteiger partial charge in [0.1, 0.15) is 0 Å². The van der Waals surface area contributed by atoms with E-state index >= 15 is 0 Å². The minimum Gasteiger partial charge on any atom is -0.341 e. The van der Waals surface area contributed by atoms with Gasteiger partial charge in [-0.05, 0) is 31.0 Å². The van der Waals surface area contributed by atoms with Crippen LogP contribution in [0.15, 0.2) is 24.3 Å². The number of hydrogen-bond donors (Lipinski definition) is 0. The Bertz CT molecular complexity index is 675. The van der Waals surface area contributed by atoms with Gasteiger partial charge in [0.25, 0.3) is 5.92 Å². The van der Waals surface area contributed by atoms with E-state index in [1.54, 1.807) is 4.90 Å². The minimum absolute atomic E-state index is 0.00312. The molecule has 6 heteroatoms. The number of amides is 1. The first kappa shape index (κ1) is 17.9. The third-order valence-electron chi connectivity index (χ3n) is 6.55. The number of likely N-dealkylation sites (tertiary alicyclic amines) is 2. The molecule has 0 aromatic heterocycles. The van der Waals surface area contributed by atoms with Crippen LogP contribution in [0.2, 0.25) is 0 Å². The number of benzene rings is 1. The van der Waals surface area contributed by atoms with Crippen molar-refractivity contribution in [2.24, 2.45) is 0 Å². The molecule has 0 radical (unpaired) electrons. The van der Waals surface area contributed by atoms with Crippen LogP contribution in [0.25, 0.3) is 0 Å². The Morgan fingerprint density at radius 3 is 2.38 bits per heavy atom. The zero-order chi connectivity index (χ0) is 18.4. The summed E-state index contributed by atoms with van der Waals surface area (Å²) >= 11 is 0. The van der Waals surface area contributed by atoms with Gasteiger partial charge in [-0.25, -0.2) is 8.78 Å². The zero-order valence-corrected chi connectivity index (χ0v) is 15.4. The fraction of sp³-hybridized carbons (Fsp3) is 0.650. The molecule has 26 heavy (non-hydrogen) atoms. The van der Waals surface area contributed by atoms with Crippen LogP contribution in [-0.4, -0.2) is 66.3 Å². The maximum absolute atomic E-state index is 13.3. The van der Waals surface area contributed by atoms with Crippen LogP contribution in [0.3, 0.4) is 0 Å². The summed E-state index contributed by atoms with van der Waals surface area (Å²) in [5, 5.41) is 0. The van der Waals surface area contributed by atoms with Gasteiger partial charge >= 0.3 is 0 Å². The Hall–Kier alpha value is -1.53. The maximum Gasteiger partial charge on any atom is 0.251 e. The molecule has 2 fully saturated rings. The van der Waals surface area contributed by atoms with Gasteiger partial charge < -0.3 is 4.90 Å². The summed E-state index contributed by atoms with van der Waals surface area (Å²) < 4.78 is 26.5. The number of rotatable bonds is 2. The smallest absolute Gasteiger partial charge is 0.251 e. The summed E-state index contributed by atoms with van der Waals surface area (Å²) in [6.45, 7) is 3.44. The molecule has 2 saturated heterocycles. The topological polar surface area (TPSA) is 26.8 Å². The van der Waals surface area contributed by atoms with Crippen LogP contribution >= 0.6 is 0 Å². The molecule has 3 aliphatic rings. The van der Waals surface area contributed by atoms with Crippen LogP contribution in [0.5, 0.6) is 0 Å². The predicted molar refractivity (Wildman–Crippen MR) is 96.0 cm³/mol. The van der Waals surface area contributed by atoms with Crippen LogP contribution in [0.1, 0.15) is 36.8 Å². The van der Waals surface area contributed by atoms with E-state index in [9.17, 15) is 13.6 Å². The van der Waals surface area contributed by atoms with E-state index in [-0.39, 0.29) is 37.4 Å². The van der Waals surface area contributed by atoms with Crippen molar-refractivity contribution in [2.75, 3.05) is 39.8 Å². The van der Waals surface area contributed by atoms with E-state index in [0.29, 0.717) is 6.54 Å². The van der Waals surface area contributed by atoms with Crippen LogP contribution in [0, 0.1) is 0 Å². The van der Waals surface area contributed by atoms with Gasteiger partial charge in [-0.3, -0.25) is 14.6 Å². The van der Waals surface area contributed by atoms with Crippen molar-refractivity contribution in [1.29, 1.82) is 0 Å². The molecule has 0 unspecified atom stereocenters. The van der Waals surface area contributed by atoms with Crippen LogP contribution in [0.4, 0.5) is 8.78 Å². The maximum atomic E-state index is 13.3. The minimum atomic E-state index is -2.60. The van der Waals surface area contributed by atoms with E-state index in [0.717, 1.165) is 32.5 Å². The highest BCUT2D eigenvalue weighted by atomic mass is 19.3. The first-order valence-electron chi connectivity index (χ1n) is 9.57. The third kappa shape index (κ3) is 3.14. The fourth-order valence-electron chi connectivity index (χ4n) is 4.83. The lowest BCUT2D eigenvalue weighted by molar-refractivity contribution is -0.139. The first-order chi connectivity index (χ1) is 12.4. The molecule has 1 spiro atoms. The summed E-state index contributed by atoms with van der Waals surface area (Å²) in [7, 11) is 2.19. The Morgan fingerprint density at radius 2 is 1.69 bits per heavy atom. The van der Waals surface area contributed by atoms with Crippen molar-refractivity contribution < 1.29 is 13.6 Å². The summed E-state index contributed by atoms with van der Waals surface area (Å²) in [5.74, 6) is -2.61. The Labute approximate surface area is 153 Å². The largest absolute Gasteiger partial charge is 0.341 e. The molecule has 1 amide bonds. The van der Waals surface area contributed by atoms with Crippen LogP contribution < -0.4 is 0 Å². The molecular formula is C20H27F2N3O. The predicted octanol–water partition coefficient (Wildman–Crippen LogP) is 2.68. The van der Waals surface area contributed by atoms with Crippen molar-refractivity contribution in [3.05, 3.63) is 35.4 Å². The molecule has 4 nitrogen and oxygen atoms in total. The van der Waals surface area contributed by atoms with Gasteiger partial charge in [0.15, 0.2) is 0 Å². The number of hydrogen-bond acceptors (Lipinski definition) is 3. The van der Waals surface area contributed by atoms with Crippen molar-refractivity contribution >= 4 is 5.91 Å². The van der Waals surface area contributed by atoms with Gasteiger partial charge in [0.2, 0.25) is 5.91 Å². The van der Waals surface area contributed by atoms with E-state index in [2.05, 4.69) is 41.1 Å². The van der Waals surface area contributed by atoms with Gasteiger partial charge in [-0.15, -0.1) is 0 Å². The fourth-order valence-corrected chi connectivity index (χ4v) is 4.83. The number of carbonyl (C=O) groups excluding carboxylic acids is 1.